The Bertz CT molecular complexity index is 1340. The number of aromatic nitrogens is 1. The molecule has 0 unspecified atom stereocenters. The third-order valence-corrected chi connectivity index (χ3v) is 6.89. The molecule has 1 aromatic heterocycles. The molecule has 3 aromatic rings. The second kappa shape index (κ2) is 9.52. The summed E-state index contributed by atoms with van der Waals surface area (Å²) in [5, 5.41) is 11.7. The van der Waals surface area contributed by atoms with E-state index in [1.165, 1.54) is 37.4 Å². The molecule has 36 heavy (non-hydrogen) atoms. The van der Waals surface area contributed by atoms with Crippen LogP contribution in [0.5, 0.6) is 11.5 Å². The van der Waals surface area contributed by atoms with Crippen LogP contribution in [0.3, 0.4) is 0 Å². The zero-order valence-corrected chi connectivity index (χ0v) is 20.9. The van der Waals surface area contributed by atoms with Crippen molar-refractivity contribution in [1.29, 1.82) is 0 Å². The molecule has 0 aliphatic carbocycles. The van der Waals surface area contributed by atoms with Crippen LogP contribution < -0.4 is 15.2 Å². The lowest BCUT2D eigenvalue weighted by atomic mass is 9.81. The van der Waals surface area contributed by atoms with Gasteiger partial charge in [-0.2, -0.15) is 0 Å². The van der Waals surface area contributed by atoms with Crippen LogP contribution in [0.2, 0.25) is 5.02 Å². The molecular weight excluding hydrogens is 487 g/mol. The van der Waals surface area contributed by atoms with E-state index in [0.29, 0.717) is 38.9 Å². The zero-order chi connectivity index (χ0) is 26.3. The highest BCUT2D eigenvalue weighted by molar-refractivity contribution is 6.32. The fourth-order valence-corrected chi connectivity index (χ4v) is 4.39. The van der Waals surface area contributed by atoms with Gasteiger partial charge in [0.05, 0.1) is 17.8 Å². The topological polar surface area (TPSA) is 112 Å². The number of hydrogen-bond donors (Lipinski definition) is 2. The number of aliphatic hydroxyl groups is 1. The summed E-state index contributed by atoms with van der Waals surface area (Å²) >= 11 is 6.14. The molecule has 2 heterocycles. The molecule has 0 spiro atoms. The van der Waals surface area contributed by atoms with E-state index in [1.54, 1.807) is 32.0 Å². The lowest BCUT2D eigenvalue weighted by Crippen LogP contribution is -2.40. The van der Waals surface area contributed by atoms with Crippen molar-refractivity contribution >= 4 is 23.3 Å². The van der Waals surface area contributed by atoms with Crippen molar-refractivity contribution in [1.82, 2.24) is 4.98 Å². The number of ketones is 1. The molecule has 0 bridgehead atoms. The summed E-state index contributed by atoms with van der Waals surface area (Å²) < 4.78 is 24.5. The maximum atomic E-state index is 13.6. The number of carbonyl (C=O) groups excluding carboxylic acids is 2. The SMILES string of the molecule is COc1ccc(C(=O)CC[C@](C)(O)c2cc3c(c(-c4ccc(F)cc4)n2)OC[C@]3(C)C(N)=O)cc1Cl. The van der Waals surface area contributed by atoms with Gasteiger partial charge < -0.3 is 20.3 Å². The van der Waals surface area contributed by atoms with Crippen molar-refractivity contribution in [3.8, 4) is 22.8 Å². The van der Waals surface area contributed by atoms with Crippen LogP contribution in [0.4, 0.5) is 4.39 Å². The number of benzene rings is 2. The Morgan fingerprint density at radius 1 is 1.25 bits per heavy atom. The van der Waals surface area contributed by atoms with E-state index in [4.69, 9.17) is 26.8 Å². The minimum atomic E-state index is -1.54. The molecule has 0 saturated carbocycles. The van der Waals surface area contributed by atoms with Crippen molar-refractivity contribution < 1.29 is 28.6 Å². The third kappa shape index (κ3) is 4.66. The van der Waals surface area contributed by atoms with Crippen LogP contribution in [0.1, 0.15) is 48.3 Å². The summed E-state index contributed by atoms with van der Waals surface area (Å²) in [4.78, 5) is 29.8. The van der Waals surface area contributed by atoms with Gasteiger partial charge in [-0.1, -0.05) is 11.6 Å². The molecule has 3 N–H and O–H groups in total. The van der Waals surface area contributed by atoms with E-state index in [2.05, 4.69) is 4.98 Å². The molecule has 1 aliphatic heterocycles. The van der Waals surface area contributed by atoms with Gasteiger partial charge in [0.15, 0.2) is 5.78 Å². The van der Waals surface area contributed by atoms with Crippen LogP contribution in [-0.4, -0.2) is 35.5 Å². The number of methoxy groups -OCH3 is 1. The maximum absolute atomic E-state index is 13.6. The molecule has 7 nitrogen and oxygen atoms in total. The standard InChI is InChI=1S/C27H26ClFN2O5/c1-26(25(30)33)14-36-24-18(26)13-22(31-23(24)15-4-7-17(29)8-5-15)27(2,34)11-10-20(32)16-6-9-21(35-3)19(28)12-16/h4-9,12-13,34H,10-11,14H2,1-3H3,(H2,30,33)/t26-,27-/m0/s1. The molecule has 188 valence electrons. The molecule has 0 radical (unpaired) electrons. The van der Waals surface area contributed by atoms with Crippen LogP contribution in [0.15, 0.2) is 48.5 Å². The number of rotatable bonds is 8. The monoisotopic (exact) mass is 512 g/mol. The van der Waals surface area contributed by atoms with Crippen LogP contribution in [-0.2, 0) is 15.8 Å². The Labute approximate surface area is 213 Å². The van der Waals surface area contributed by atoms with Crippen molar-refractivity contribution in [3.05, 3.63) is 76.2 Å². The van der Waals surface area contributed by atoms with Gasteiger partial charge in [0.2, 0.25) is 5.91 Å². The van der Waals surface area contributed by atoms with E-state index < -0.39 is 22.7 Å². The lowest BCUT2D eigenvalue weighted by molar-refractivity contribution is -0.123. The number of carbonyl (C=O) groups is 2. The average Bonchev–Trinajstić information content (AvgIpc) is 3.20. The summed E-state index contributed by atoms with van der Waals surface area (Å²) in [6.45, 7) is 3.21. The number of fused-ring (bicyclic) bond motifs is 1. The fraction of sp³-hybridized carbons (Fsp3) is 0.296. The fourth-order valence-electron chi connectivity index (χ4n) is 4.14. The van der Waals surface area contributed by atoms with Gasteiger partial charge in [-0.3, -0.25) is 9.59 Å². The van der Waals surface area contributed by atoms with Gasteiger partial charge in [-0.15, -0.1) is 0 Å². The predicted octanol–water partition coefficient (Wildman–Crippen LogP) is 4.56. The minimum absolute atomic E-state index is 0.00386. The van der Waals surface area contributed by atoms with Gasteiger partial charge in [-0.25, -0.2) is 9.37 Å². The minimum Gasteiger partial charge on any atom is -0.495 e. The Kier molecular flexibility index (Phi) is 6.77. The van der Waals surface area contributed by atoms with Crippen LogP contribution >= 0.6 is 11.6 Å². The van der Waals surface area contributed by atoms with Gasteiger partial charge >= 0.3 is 0 Å². The highest BCUT2D eigenvalue weighted by Crippen LogP contribution is 2.46. The lowest BCUT2D eigenvalue weighted by Gasteiger charge is -2.26. The third-order valence-electron chi connectivity index (χ3n) is 6.60. The van der Waals surface area contributed by atoms with Crippen LogP contribution in [0.25, 0.3) is 11.3 Å². The number of halogens is 2. The first-order valence-corrected chi connectivity index (χ1v) is 11.7. The molecule has 2 atom stereocenters. The Morgan fingerprint density at radius 2 is 1.94 bits per heavy atom. The van der Waals surface area contributed by atoms with Crippen LogP contribution in [0, 0.1) is 5.82 Å². The molecule has 9 heteroatoms. The zero-order valence-electron chi connectivity index (χ0n) is 20.1. The van der Waals surface area contributed by atoms with Gasteiger partial charge in [-0.05, 0) is 68.8 Å². The molecule has 0 saturated heterocycles. The number of nitrogens with two attached hydrogens (primary N) is 1. The molecule has 1 aliphatic rings. The van der Waals surface area contributed by atoms with Gasteiger partial charge in [0.1, 0.15) is 40.6 Å². The molecule has 4 rings (SSSR count). The van der Waals surface area contributed by atoms with Crippen molar-refractivity contribution in [2.24, 2.45) is 5.73 Å². The molecule has 0 fully saturated rings. The van der Waals surface area contributed by atoms with Crippen molar-refractivity contribution in [2.75, 3.05) is 13.7 Å². The van der Waals surface area contributed by atoms with Gasteiger partial charge in [0, 0.05) is 23.1 Å². The first-order valence-electron chi connectivity index (χ1n) is 11.3. The number of Topliss-reactive ketones (excluding diaryl/α,β-unsaturated/α-hetero) is 1. The van der Waals surface area contributed by atoms with E-state index >= 15 is 0 Å². The van der Waals surface area contributed by atoms with Gasteiger partial charge in [0.25, 0.3) is 0 Å². The van der Waals surface area contributed by atoms with E-state index in [9.17, 15) is 19.1 Å². The first kappa shape index (κ1) is 25.6. The highest BCUT2D eigenvalue weighted by atomic mass is 35.5. The van der Waals surface area contributed by atoms with E-state index in [0.717, 1.165) is 0 Å². The van der Waals surface area contributed by atoms with E-state index in [-0.39, 0.29) is 30.9 Å². The maximum Gasteiger partial charge on any atom is 0.231 e. The second-order valence-electron chi connectivity index (χ2n) is 9.27. The summed E-state index contributed by atoms with van der Waals surface area (Å²) in [6.07, 6.45) is 0.0438. The average molecular weight is 513 g/mol. The Balaban J connectivity index is 1.70. The summed E-state index contributed by atoms with van der Waals surface area (Å²) in [5.74, 6) is -0.416. The predicted molar refractivity (Wildman–Crippen MR) is 133 cm³/mol. The second-order valence-corrected chi connectivity index (χ2v) is 9.68. The van der Waals surface area contributed by atoms with Crippen molar-refractivity contribution in [2.45, 2.75) is 37.7 Å². The first-order chi connectivity index (χ1) is 17.0. The number of amides is 1. The molecule has 2 aromatic carbocycles. The number of nitrogens with zero attached hydrogens (tertiary/aromatic N) is 1. The summed E-state index contributed by atoms with van der Waals surface area (Å²) in [7, 11) is 1.48. The number of primary amides is 1. The largest absolute Gasteiger partial charge is 0.495 e. The number of hydrogen-bond acceptors (Lipinski definition) is 6. The van der Waals surface area contributed by atoms with Crippen molar-refractivity contribution in [3.63, 3.8) is 0 Å². The Hall–Kier alpha value is -3.49. The molecule has 1 amide bonds. The quantitative estimate of drug-likeness (QED) is 0.428. The highest BCUT2D eigenvalue weighted by Gasteiger charge is 2.45. The molecular formula is C27H26ClFN2O5. The smallest absolute Gasteiger partial charge is 0.231 e. The summed E-state index contributed by atoms with van der Waals surface area (Å²) in [5.41, 5.74) is 5.00. The number of ether oxygens (including phenoxy) is 2. The number of pyridine rings is 1. The Morgan fingerprint density at radius 3 is 2.56 bits per heavy atom. The van der Waals surface area contributed by atoms with E-state index in [1.807, 2.05) is 0 Å². The summed E-state index contributed by atoms with van der Waals surface area (Å²) in [6, 6.07) is 12.0. The normalized spacial score (nSPS) is 18.2.